The normalized spacial score (nSPS) is 12.4. The molecule has 0 fully saturated rings. The van der Waals surface area contributed by atoms with E-state index in [1.807, 2.05) is 25.1 Å². The minimum Gasteiger partial charge on any atom is -0.310 e. The van der Waals surface area contributed by atoms with E-state index in [4.69, 9.17) is 11.6 Å². The van der Waals surface area contributed by atoms with Crippen LogP contribution in [-0.2, 0) is 6.42 Å². The van der Waals surface area contributed by atoms with Crippen LogP contribution in [0, 0.1) is 5.82 Å². The van der Waals surface area contributed by atoms with E-state index >= 15 is 0 Å². The van der Waals surface area contributed by atoms with E-state index < -0.39 is 0 Å². The van der Waals surface area contributed by atoms with Gasteiger partial charge in [0, 0.05) is 20.0 Å². The van der Waals surface area contributed by atoms with Crippen molar-refractivity contribution in [3.8, 4) is 0 Å². The summed E-state index contributed by atoms with van der Waals surface area (Å²) < 4.78 is 16.0. The van der Waals surface area contributed by atoms with Gasteiger partial charge in [-0.05, 0) is 60.5 Å². The molecule has 112 valence electrons. The first-order valence-electron chi connectivity index (χ1n) is 6.63. The Bertz CT molecular complexity index is 634. The molecule has 0 saturated carbocycles. The number of hydrogen-bond donors (Lipinski definition) is 1. The lowest BCUT2D eigenvalue weighted by Crippen LogP contribution is -2.23. The Balaban J connectivity index is 2.35. The third kappa shape index (κ3) is 4.52. The first-order valence-corrected chi connectivity index (χ1v) is 8.60. The number of benzene rings is 2. The lowest BCUT2D eigenvalue weighted by atomic mass is 9.98. The van der Waals surface area contributed by atoms with Crippen molar-refractivity contribution in [2.45, 2.75) is 19.4 Å². The number of likely N-dealkylation sites (N-methyl/N-ethyl adjacent to an activating group) is 1. The first-order chi connectivity index (χ1) is 10.0. The molecule has 5 heteroatoms. The van der Waals surface area contributed by atoms with Gasteiger partial charge in [-0.25, -0.2) is 4.39 Å². The molecule has 0 spiro atoms. The molecule has 0 saturated heterocycles. The number of rotatable bonds is 5. The largest absolute Gasteiger partial charge is 0.310 e. The molecule has 1 unspecified atom stereocenters. The molecule has 0 aliphatic heterocycles. The fourth-order valence-electron chi connectivity index (χ4n) is 2.24. The van der Waals surface area contributed by atoms with Gasteiger partial charge in [-0.2, -0.15) is 0 Å². The summed E-state index contributed by atoms with van der Waals surface area (Å²) in [6.07, 6.45) is 0.537. The summed E-state index contributed by atoms with van der Waals surface area (Å²) in [7, 11) is 0. The topological polar surface area (TPSA) is 12.0 Å². The van der Waals surface area contributed by atoms with Gasteiger partial charge in [-0.15, -0.1) is 0 Å². The SMILES string of the molecule is CCNC(Cc1cc(Cl)ccc1F)c1cc(Br)ccc1Br. The molecule has 0 amide bonds. The molecular weight excluding hydrogens is 420 g/mol. The van der Waals surface area contributed by atoms with Crippen LogP contribution in [0.25, 0.3) is 0 Å². The minimum atomic E-state index is -0.228. The second kappa shape index (κ2) is 7.73. The van der Waals surface area contributed by atoms with Crippen molar-refractivity contribution in [1.82, 2.24) is 5.32 Å². The Labute approximate surface area is 146 Å². The average molecular weight is 436 g/mol. The summed E-state index contributed by atoms with van der Waals surface area (Å²) in [4.78, 5) is 0. The van der Waals surface area contributed by atoms with E-state index in [0.29, 0.717) is 17.0 Å². The molecule has 2 aromatic carbocycles. The maximum absolute atomic E-state index is 14.0. The molecule has 0 radical (unpaired) electrons. The predicted octanol–water partition coefficient (Wildman–Crippen LogP) is 5.90. The molecule has 2 rings (SSSR count). The van der Waals surface area contributed by atoms with Crippen molar-refractivity contribution in [1.29, 1.82) is 0 Å². The van der Waals surface area contributed by atoms with Gasteiger partial charge < -0.3 is 5.32 Å². The quantitative estimate of drug-likeness (QED) is 0.617. The average Bonchev–Trinajstić information content (AvgIpc) is 2.45. The summed E-state index contributed by atoms with van der Waals surface area (Å²) in [5.41, 5.74) is 1.70. The summed E-state index contributed by atoms with van der Waals surface area (Å²) >= 11 is 13.0. The zero-order chi connectivity index (χ0) is 15.4. The Kier molecular flexibility index (Phi) is 6.23. The highest BCUT2D eigenvalue weighted by Crippen LogP contribution is 2.30. The van der Waals surface area contributed by atoms with E-state index in [-0.39, 0.29) is 11.9 Å². The van der Waals surface area contributed by atoms with Gasteiger partial charge in [-0.1, -0.05) is 50.4 Å². The summed E-state index contributed by atoms with van der Waals surface area (Å²) in [6, 6.07) is 10.7. The van der Waals surface area contributed by atoms with Crippen LogP contribution in [-0.4, -0.2) is 6.54 Å². The maximum atomic E-state index is 14.0. The third-order valence-electron chi connectivity index (χ3n) is 3.22. The van der Waals surface area contributed by atoms with Crippen LogP contribution in [0.15, 0.2) is 45.3 Å². The zero-order valence-electron chi connectivity index (χ0n) is 11.5. The fourth-order valence-corrected chi connectivity index (χ4v) is 3.34. The maximum Gasteiger partial charge on any atom is 0.126 e. The molecule has 0 bridgehead atoms. The minimum absolute atomic E-state index is 0.00911. The molecule has 0 heterocycles. The second-order valence-electron chi connectivity index (χ2n) is 4.72. The highest BCUT2D eigenvalue weighted by atomic mass is 79.9. The molecule has 2 aromatic rings. The summed E-state index contributed by atoms with van der Waals surface area (Å²) in [5.74, 6) is -0.228. The van der Waals surface area contributed by atoms with Crippen LogP contribution in [0.2, 0.25) is 5.02 Å². The number of hydrogen-bond acceptors (Lipinski definition) is 1. The van der Waals surface area contributed by atoms with E-state index in [9.17, 15) is 4.39 Å². The molecule has 0 aliphatic carbocycles. The van der Waals surface area contributed by atoms with Crippen molar-refractivity contribution < 1.29 is 4.39 Å². The fraction of sp³-hybridized carbons (Fsp3) is 0.250. The molecule has 21 heavy (non-hydrogen) atoms. The standard InChI is InChI=1S/C16H15Br2ClFN/c1-2-21-16(13-9-11(17)3-5-14(13)18)8-10-7-12(19)4-6-15(10)20/h3-7,9,16,21H,2,8H2,1H3. The Morgan fingerprint density at radius 1 is 1.19 bits per heavy atom. The molecule has 1 atom stereocenters. The van der Waals surface area contributed by atoms with Crippen LogP contribution < -0.4 is 5.32 Å². The van der Waals surface area contributed by atoms with Crippen molar-refractivity contribution in [2.75, 3.05) is 6.54 Å². The second-order valence-corrected chi connectivity index (χ2v) is 6.92. The van der Waals surface area contributed by atoms with E-state index in [0.717, 1.165) is 21.1 Å². The van der Waals surface area contributed by atoms with Crippen molar-refractivity contribution in [3.05, 3.63) is 67.3 Å². The predicted molar refractivity (Wildman–Crippen MR) is 93.4 cm³/mol. The lowest BCUT2D eigenvalue weighted by molar-refractivity contribution is 0.526. The van der Waals surface area contributed by atoms with Crippen molar-refractivity contribution in [2.24, 2.45) is 0 Å². The number of nitrogens with one attached hydrogen (secondary N) is 1. The Morgan fingerprint density at radius 3 is 2.67 bits per heavy atom. The van der Waals surface area contributed by atoms with E-state index in [1.54, 1.807) is 12.1 Å². The lowest BCUT2D eigenvalue weighted by Gasteiger charge is -2.20. The highest BCUT2D eigenvalue weighted by Gasteiger charge is 2.17. The van der Waals surface area contributed by atoms with E-state index in [1.165, 1.54) is 6.07 Å². The van der Waals surface area contributed by atoms with Gasteiger partial charge in [0.05, 0.1) is 0 Å². The van der Waals surface area contributed by atoms with Crippen molar-refractivity contribution >= 4 is 43.5 Å². The van der Waals surface area contributed by atoms with E-state index in [2.05, 4.69) is 37.2 Å². The van der Waals surface area contributed by atoms with Crippen molar-refractivity contribution in [3.63, 3.8) is 0 Å². The Morgan fingerprint density at radius 2 is 1.95 bits per heavy atom. The van der Waals surface area contributed by atoms with Gasteiger partial charge >= 0.3 is 0 Å². The molecule has 0 aliphatic rings. The number of halogens is 4. The molecule has 0 aromatic heterocycles. The zero-order valence-corrected chi connectivity index (χ0v) is 15.4. The van der Waals surface area contributed by atoms with Crippen LogP contribution in [0.4, 0.5) is 4.39 Å². The smallest absolute Gasteiger partial charge is 0.126 e. The summed E-state index contributed by atoms with van der Waals surface area (Å²) in [5, 5.41) is 3.95. The highest BCUT2D eigenvalue weighted by molar-refractivity contribution is 9.11. The molecular formula is C16H15Br2ClFN. The molecule has 1 N–H and O–H groups in total. The van der Waals surface area contributed by atoms with Crippen LogP contribution in [0.1, 0.15) is 24.1 Å². The first kappa shape index (κ1) is 16.9. The Hall–Kier alpha value is -0.420. The van der Waals surface area contributed by atoms with Gasteiger partial charge in [0.25, 0.3) is 0 Å². The van der Waals surface area contributed by atoms with Crippen LogP contribution in [0.5, 0.6) is 0 Å². The van der Waals surface area contributed by atoms with Gasteiger partial charge in [0.15, 0.2) is 0 Å². The van der Waals surface area contributed by atoms with Gasteiger partial charge in [-0.3, -0.25) is 0 Å². The summed E-state index contributed by atoms with van der Waals surface area (Å²) in [6.45, 7) is 2.83. The van der Waals surface area contributed by atoms with Crippen LogP contribution in [0.3, 0.4) is 0 Å². The third-order valence-corrected chi connectivity index (χ3v) is 4.67. The van der Waals surface area contributed by atoms with Gasteiger partial charge in [0.1, 0.15) is 5.82 Å². The monoisotopic (exact) mass is 433 g/mol. The molecule has 1 nitrogen and oxygen atoms in total. The van der Waals surface area contributed by atoms with Crippen LogP contribution >= 0.6 is 43.5 Å². The van der Waals surface area contributed by atoms with Gasteiger partial charge in [0.2, 0.25) is 0 Å².